The van der Waals surface area contributed by atoms with E-state index in [9.17, 15) is 4.79 Å². The number of thiophene rings is 1. The van der Waals surface area contributed by atoms with Gasteiger partial charge in [0.1, 0.15) is 12.4 Å². The Kier molecular flexibility index (Phi) is 6.45. The van der Waals surface area contributed by atoms with Gasteiger partial charge in [0.2, 0.25) is 0 Å². The Morgan fingerprint density at radius 2 is 1.90 bits per heavy atom. The lowest BCUT2D eigenvalue weighted by Crippen LogP contribution is -2.48. The fourth-order valence-electron chi connectivity index (χ4n) is 3.52. The third kappa shape index (κ3) is 5.07. The van der Waals surface area contributed by atoms with Gasteiger partial charge in [-0.3, -0.25) is 14.7 Å². The highest BCUT2D eigenvalue weighted by Crippen LogP contribution is 2.22. The topological polar surface area (TPSA) is 45.7 Å². The van der Waals surface area contributed by atoms with Gasteiger partial charge in [0.05, 0.1) is 10.6 Å². The third-order valence-corrected chi connectivity index (χ3v) is 6.49. The fourth-order valence-corrected chi connectivity index (χ4v) is 4.38. The Hall–Kier alpha value is -2.70. The molecule has 1 aliphatic rings. The van der Waals surface area contributed by atoms with E-state index in [4.69, 9.17) is 4.74 Å². The number of benzene rings is 1. The SMILES string of the molecule is Cc1ccc(OCc2csc(C(=O)N3CCN(Cc4ccccn4)CC3)c2)cc1C. The molecule has 0 radical (unpaired) electrons. The number of hydrogen-bond acceptors (Lipinski definition) is 5. The summed E-state index contributed by atoms with van der Waals surface area (Å²) in [6, 6.07) is 14.1. The molecule has 1 aromatic carbocycles. The number of carbonyl (C=O) groups is 1. The maximum Gasteiger partial charge on any atom is 0.264 e. The molecule has 0 aliphatic carbocycles. The lowest BCUT2D eigenvalue weighted by atomic mass is 10.1. The van der Waals surface area contributed by atoms with Crippen molar-refractivity contribution in [2.75, 3.05) is 26.2 Å². The summed E-state index contributed by atoms with van der Waals surface area (Å²) in [5, 5.41) is 2.02. The molecule has 1 amide bonds. The van der Waals surface area contributed by atoms with Crippen molar-refractivity contribution in [3.8, 4) is 5.75 Å². The predicted octanol–water partition coefficient (Wildman–Crippen LogP) is 4.30. The first kappa shape index (κ1) is 20.6. The van der Waals surface area contributed by atoms with E-state index in [1.807, 2.05) is 46.8 Å². The van der Waals surface area contributed by atoms with Crippen LogP contribution in [-0.4, -0.2) is 46.9 Å². The van der Waals surface area contributed by atoms with Crippen LogP contribution in [0.2, 0.25) is 0 Å². The molecule has 0 bridgehead atoms. The van der Waals surface area contributed by atoms with Crippen LogP contribution in [0.1, 0.15) is 32.1 Å². The van der Waals surface area contributed by atoms with Gasteiger partial charge in [-0.15, -0.1) is 11.3 Å². The summed E-state index contributed by atoms with van der Waals surface area (Å²) in [5.74, 6) is 0.983. The molecule has 1 saturated heterocycles. The van der Waals surface area contributed by atoms with E-state index >= 15 is 0 Å². The average Bonchev–Trinajstić information content (AvgIpc) is 3.24. The van der Waals surface area contributed by atoms with E-state index in [0.717, 1.165) is 54.6 Å². The van der Waals surface area contributed by atoms with E-state index in [-0.39, 0.29) is 5.91 Å². The summed E-state index contributed by atoms with van der Waals surface area (Å²) in [6.07, 6.45) is 1.83. The van der Waals surface area contributed by atoms with Crippen LogP contribution in [-0.2, 0) is 13.2 Å². The van der Waals surface area contributed by atoms with Crippen molar-refractivity contribution in [1.29, 1.82) is 0 Å². The maximum absolute atomic E-state index is 12.9. The summed E-state index contributed by atoms with van der Waals surface area (Å²) in [4.78, 5) is 22.4. The summed E-state index contributed by atoms with van der Waals surface area (Å²) < 4.78 is 5.91. The van der Waals surface area contributed by atoms with Crippen LogP contribution >= 0.6 is 11.3 Å². The summed E-state index contributed by atoms with van der Waals surface area (Å²) >= 11 is 1.50. The number of piperazine rings is 1. The van der Waals surface area contributed by atoms with Crippen LogP contribution < -0.4 is 4.74 Å². The molecule has 0 spiro atoms. The van der Waals surface area contributed by atoms with Crippen LogP contribution in [0.25, 0.3) is 0 Å². The number of aryl methyl sites for hydroxylation is 2. The van der Waals surface area contributed by atoms with Crippen LogP contribution in [0.3, 0.4) is 0 Å². The predicted molar refractivity (Wildman–Crippen MR) is 120 cm³/mol. The zero-order valence-electron chi connectivity index (χ0n) is 17.5. The van der Waals surface area contributed by atoms with Crippen LogP contribution in [0, 0.1) is 13.8 Å². The Labute approximate surface area is 181 Å². The van der Waals surface area contributed by atoms with E-state index < -0.39 is 0 Å². The molecule has 0 unspecified atom stereocenters. The zero-order valence-corrected chi connectivity index (χ0v) is 18.3. The minimum absolute atomic E-state index is 0.120. The normalized spacial score (nSPS) is 14.7. The largest absolute Gasteiger partial charge is 0.489 e. The Morgan fingerprint density at radius 1 is 1.07 bits per heavy atom. The zero-order chi connectivity index (χ0) is 20.9. The Bertz CT molecular complexity index is 995. The highest BCUT2D eigenvalue weighted by molar-refractivity contribution is 7.12. The van der Waals surface area contributed by atoms with Crippen molar-refractivity contribution < 1.29 is 9.53 Å². The molecular formula is C24H27N3O2S. The summed E-state index contributed by atoms with van der Waals surface area (Å²) in [6.45, 7) is 8.73. The van der Waals surface area contributed by atoms with E-state index in [2.05, 4.69) is 35.9 Å². The molecule has 3 heterocycles. The summed E-state index contributed by atoms with van der Waals surface area (Å²) in [5.41, 5.74) is 4.58. The van der Waals surface area contributed by atoms with Crippen molar-refractivity contribution in [3.05, 3.63) is 81.3 Å². The van der Waals surface area contributed by atoms with Gasteiger partial charge in [-0.05, 0) is 60.7 Å². The van der Waals surface area contributed by atoms with Crippen LogP contribution in [0.4, 0.5) is 0 Å². The standard InChI is InChI=1S/C24H27N3O2S/c1-18-6-7-22(13-19(18)2)29-16-20-14-23(30-17-20)24(28)27-11-9-26(10-12-27)15-21-5-3-4-8-25-21/h3-8,13-14,17H,9-12,15-16H2,1-2H3. The fraction of sp³-hybridized carbons (Fsp3) is 0.333. The first-order chi connectivity index (χ1) is 14.6. The molecule has 1 aliphatic heterocycles. The molecule has 0 atom stereocenters. The highest BCUT2D eigenvalue weighted by Gasteiger charge is 2.23. The molecule has 30 heavy (non-hydrogen) atoms. The lowest BCUT2D eigenvalue weighted by molar-refractivity contribution is 0.0631. The number of carbonyl (C=O) groups excluding carboxylic acids is 1. The van der Waals surface area contributed by atoms with Crippen molar-refractivity contribution in [2.45, 2.75) is 27.0 Å². The molecule has 5 nitrogen and oxygen atoms in total. The molecule has 156 valence electrons. The van der Waals surface area contributed by atoms with Gasteiger partial charge < -0.3 is 9.64 Å². The Balaban J connectivity index is 1.28. The molecule has 2 aromatic heterocycles. The molecule has 3 aromatic rings. The van der Waals surface area contributed by atoms with E-state index in [1.165, 1.54) is 22.5 Å². The minimum atomic E-state index is 0.120. The van der Waals surface area contributed by atoms with Gasteiger partial charge in [-0.1, -0.05) is 12.1 Å². The molecule has 6 heteroatoms. The lowest BCUT2D eigenvalue weighted by Gasteiger charge is -2.34. The summed E-state index contributed by atoms with van der Waals surface area (Å²) in [7, 11) is 0. The second-order valence-corrected chi connectivity index (χ2v) is 8.65. The van der Waals surface area contributed by atoms with Crippen LogP contribution in [0.5, 0.6) is 5.75 Å². The minimum Gasteiger partial charge on any atom is -0.489 e. The number of pyridine rings is 1. The van der Waals surface area contributed by atoms with Crippen molar-refractivity contribution in [1.82, 2.24) is 14.8 Å². The first-order valence-electron chi connectivity index (χ1n) is 10.3. The highest BCUT2D eigenvalue weighted by atomic mass is 32.1. The quantitative estimate of drug-likeness (QED) is 0.595. The van der Waals surface area contributed by atoms with E-state index in [0.29, 0.717) is 6.61 Å². The van der Waals surface area contributed by atoms with Gasteiger partial charge in [0.25, 0.3) is 5.91 Å². The molecule has 0 N–H and O–H groups in total. The molecule has 1 fully saturated rings. The first-order valence-corrected chi connectivity index (χ1v) is 11.2. The van der Waals surface area contributed by atoms with Crippen molar-refractivity contribution in [2.24, 2.45) is 0 Å². The number of amides is 1. The van der Waals surface area contributed by atoms with Gasteiger partial charge in [0.15, 0.2) is 0 Å². The monoisotopic (exact) mass is 421 g/mol. The van der Waals surface area contributed by atoms with Gasteiger partial charge >= 0.3 is 0 Å². The molecule has 0 saturated carbocycles. The van der Waals surface area contributed by atoms with Crippen LogP contribution in [0.15, 0.2) is 54.0 Å². The van der Waals surface area contributed by atoms with Crippen molar-refractivity contribution >= 4 is 17.2 Å². The maximum atomic E-state index is 12.9. The van der Waals surface area contributed by atoms with Gasteiger partial charge in [-0.2, -0.15) is 0 Å². The number of rotatable bonds is 6. The molecule has 4 rings (SSSR count). The number of hydrogen-bond donors (Lipinski definition) is 0. The number of ether oxygens (including phenoxy) is 1. The number of nitrogens with zero attached hydrogens (tertiary/aromatic N) is 3. The molecular weight excluding hydrogens is 394 g/mol. The second kappa shape index (κ2) is 9.41. The second-order valence-electron chi connectivity index (χ2n) is 7.74. The average molecular weight is 422 g/mol. The van der Waals surface area contributed by atoms with Crippen molar-refractivity contribution in [3.63, 3.8) is 0 Å². The smallest absolute Gasteiger partial charge is 0.264 e. The van der Waals surface area contributed by atoms with Gasteiger partial charge in [-0.25, -0.2) is 0 Å². The van der Waals surface area contributed by atoms with E-state index in [1.54, 1.807) is 0 Å². The third-order valence-electron chi connectivity index (χ3n) is 5.52. The Morgan fingerprint density at radius 3 is 2.63 bits per heavy atom. The number of aromatic nitrogens is 1. The van der Waals surface area contributed by atoms with Gasteiger partial charge in [0, 0.05) is 44.5 Å².